The molecule has 1 amide bonds. The van der Waals surface area contributed by atoms with Crippen LogP contribution in [-0.4, -0.2) is 30.3 Å². The van der Waals surface area contributed by atoms with E-state index in [2.05, 4.69) is 5.32 Å². The third-order valence-corrected chi connectivity index (χ3v) is 2.00. The van der Waals surface area contributed by atoms with Gasteiger partial charge in [0.25, 0.3) is 5.91 Å². The zero-order valence-electron chi connectivity index (χ0n) is 9.35. The summed E-state index contributed by atoms with van der Waals surface area (Å²) in [6, 6.07) is 9.17. The maximum atomic E-state index is 11.3. The van der Waals surface area contributed by atoms with Crippen molar-refractivity contribution in [2.75, 3.05) is 13.2 Å². The minimum Gasteiger partial charge on any atom is -0.484 e. The molecule has 88 valence electrons. The first-order chi connectivity index (χ1) is 7.68. The Morgan fingerprint density at radius 3 is 2.75 bits per heavy atom. The Morgan fingerprint density at radius 2 is 2.12 bits per heavy atom. The molecule has 1 atom stereocenters. The smallest absolute Gasteiger partial charge is 0.257 e. The summed E-state index contributed by atoms with van der Waals surface area (Å²) in [5.74, 6) is 0.498. The number of ether oxygens (including phenoxy) is 1. The molecular formula is C12H17NO3. The van der Waals surface area contributed by atoms with Crippen molar-refractivity contribution in [3.63, 3.8) is 0 Å². The van der Waals surface area contributed by atoms with E-state index in [0.717, 1.165) is 0 Å². The van der Waals surface area contributed by atoms with Crippen LogP contribution < -0.4 is 10.1 Å². The first-order valence-electron chi connectivity index (χ1n) is 5.31. The van der Waals surface area contributed by atoms with E-state index in [9.17, 15) is 4.79 Å². The molecule has 0 saturated heterocycles. The van der Waals surface area contributed by atoms with E-state index in [1.165, 1.54) is 0 Å². The number of hydrogen-bond acceptors (Lipinski definition) is 3. The Balaban J connectivity index is 2.16. The third-order valence-electron chi connectivity index (χ3n) is 2.00. The van der Waals surface area contributed by atoms with Crippen LogP contribution in [0.25, 0.3) is 0 Å². The zero-order valence-corrected chi connectivity index (χ0v) is 9.35. The summed E-state index contributed by atoms with van der Waals surface area (Å²) >= 11 is 0. The molecule has 4 nitrogen and oxygen atoms in total. The van der Waals surface area contributed by atoms with Gasteiger partial charge in [0, 0.05) is 6.54 Å². The van der Waals surface area contributed by atoms with Crippen LogP contribution in [0.2, 0.25) is 0 Å². The predicted molar refractivity (Wildman–Crippen MR) is 61.2 cm³/mol. The van der Waals surface area contributed by atoms with Gasteiger partial charge in [-0.15, -0.1) is 0 Å². The first kappa shape index (κ1) is 12.5. The molecule has 0 aromatic heterocycles. The lowest BCUT2D eigenvalue weighted by atomic mass is 10.3. The number of aliphatic hydroxyl groups excluding tert-OH is 1. The molecule has 2 N–H and O–H groups in total. The van der Waals surface area contributed by atoms with Crippen molar-refractivity contribution in [3.8, 4) is 5.75 Å². The van der Waals surface area contributed by atoms with E-state index < -0.39 is 6.10 Å². The molecule has 16 heavy (non-hydrogen) atoms. The molecule has 0 heterocycles. The molecule has 0 aliphatic heterocycles. The molecule has 0 bridgehead atoms. The van der Waals surface area contributed by atoms with Gasteiger partial charge in [0.2, 0.25) is 0 Å². The lowest BCUT2D eigenvalue weighted by Crippen LogP contribution is -2.30. The van der Waals surface area contributed by atoms with Gasteiger partial charge in [-0.1, -0.05) is 18.2 Å². The second-order valence-corrected chi connectivity index (χ2v) is 3.59. The van der Waals surface area contributed by atoms with Crippen molar-refractivity contribution in [2.24, 2.45) is 0 Å². The zero-order chi connectivity index (χ0) is 11.8. The van der Waals surface area contributed by atoms with E-state index in [1.54, 1.807) is 19.1 Å². The molecule has 0 aliphatic carbocycles. The Bertz CT molecular complexity index is 311. The summed E-state index contributed by atoms with van der Waals surface area (Å²) in [4.78, 5) is 11.3. The molecule has 1 aromatic carbocycles. The van der Waals surface area contributed by atoms with Gasteiger partial charge >= 0.3 is 0 Å². The van der Waals surface area contributed by atoms with Gasteiger partial charge in [-0.2, -0.15) is 0 Å². The second kappa shape index (κ2) is 6.85. The number of rotatable bonds is 6. The molecule has 1 rings (SSSR count). The SMILES string of the molecule is CC(O)CCNC(=O)COc1ccccc1. The highest BCUT2D eigenvalue weighted by molar-refractivity contribution is 5.77. The van der Waals surface area contributed by atoms with Crippen molar-refractivity contribution >= 4 is 5.91 Å². The molecule has 1 aromatic rings. The Kier molecular flexibility index (Phi) is 5.36. The summed E-state index contributed by atoms with van der Waals surface area (Å²) in [5.41, 5.74) is 0. The van der Waals surface area contributed by atoms with Crippen molar-refractivity contribution in [1.82, 2.24) is 5.32 Å². The Hall–Kier alpha value is -1.55. The van der Waals surface area contributed by atoms with Crippen molar-refractivity contribution in [3.05, 3.63) is 30.3 Å². The maximum Gasteiger partial charge on any atom is 0.257 e. The fraction of sp³-hybridized carbons (Fsp3) is 0.417. The largest absolute Gasteiger partial charge is 0.484 e. The quantitative estimate of drug-likeness (QED) is 0.755. The number of nitrogens with one attached hydrogen (secondary N) is 1. The van der Waals surface area contributed by atoms with Crippen LogP contribution in [0.4, 0.5) is 0 Å². The second-order valence-electron chi connectivity index (χ2n) is 3.59. The molecule has 0 radical (unpaired) electrons. The number of para-hydroxylation sites is 1. The summed E-state index contributed by atoms with van der Waals surface area (Å²) in [5, 5.41) is 11.7. The van der Waals surface area contributed by atoms with Crippen LogP contribution in [0.1, 0.15) is 13.3 Å². The number of hydrogen-bond donors (Lipinski definition) is 2. The third kappa shape index (κ3) is 5.36. The number of carbonyl (C=O) groups excluding carboxylic acids is 1. The summed E-state index contributed by atoms with van der Waals surface area (Å²) in [7, 11) is 0. The van der Waals surface area contributed by atoms with E-state index in [0.29, 0.717) is 18.7 Å². The lowest BCUT2D eigenvalue weighted by molar-refractivity contribution is -0.123. The van der Waals surface area contributed by atoms with E-state index >= 15 is 0 Å². The van der Waals surface area contributed by atoms with Gasteiger partial charge in [-0.3, -0.25) is 4.79 Å². The number of amides is 1. The fourth-order valence-electron chi connectivity index (χ4n) is 1.14. The number of benzene rings is 1. The predicted octanol–water partition coefficient (Wildman–Crippen LogP) is 0.952. The van der Waals surface area contributed by atoms with Gasteiger partial charge in [0.15, 0.2) is 6.61 Å². The summed E-state index contributed by atoms with van der Waals surface area (Å²) < 4.78 is 5.25. The van der Waals surface area contributed by atoms with Crippen molar-refractivity contribution in [2.45, 2.75) is 19.4 Å². The van der Waals surface area contributed by atoms with Crippen LogP contribution in [-0.2, 0) is 4.79 Å². The fourth-order valence-corrected chi connectivity index (χ4v) is 1.14. The van der Waals surface area contributed by atoms with Gasteiger partial charge < -0.3 is 15.2 Å². The highest BCUT2D eigenvalue weighted by Crippen LogP contribution is 2.07. The van der Waals surface area contributed by atoms with Crippen molar-refractivity contribution in [1.29, 1.82) is 0 Å². The molecule has 1 unspecified atom stereocenters. The minimum atomic E-state index is -0.393. The highest BCUT2D eigenvalue weighted by atomic mass is 16.5. The van der Waals surface area contributed by atoms with E-state index in [1.807, 2.05) is 18.2 Å². The number of carbonyl (C=O) groups is 1. The average molecular weight is 223 g/mol. The molecular weight excluding hydrogens is 206 g/mol. The van der Waals surface area contributed by atoms with Crippen molar-refractivity contribution < 1.29 is 14.6 Å². The van der Waals surface area contributed by atoms with Crippen LogP contribution in [0.5, 0.6) is 5.75 Å². The lowest BCUT2D eigenvalue weighted by Gasteiger charge is -2.08. The normalized spacial score (nSPS) is 11.9. The molecule has 0 spiro atoms. The summed E-state index contributed by atoms with van der Waals surface area (Å²) in [6.07, 6.45) is 0.159. The van der Waals surface area contributed by atoms with Crippen LogP contribution in [0.15, 0.2) is 30.3 Å². The molecule has 0 aliphatic rings. The van der Waals surface area contributed by atoms with Crippen LogP contribution in [0.3, 0.4) is 0 Å². The van der Waals surface area contributed by atoms with Crippen LogP contribution >= 0.6 is 0 Å². The standard InChI is InChI=1S/C12H17NO3/c1-10(14)7-8-13-12(15)9-16-11-5-3-2-4-6-11/h2-6,10,14H,7-9H2,1H3,(H,13,15). The Morgan fingerprint density at radius 1 is 1.44 bits per heavy atom. The molecule has 0 fully saturated rings. The molecule has 0 saturated carbocycles. The highest BCUT2D eigenvalue weighted by Gasteiger charge is 2.02. The topological polar surface area (TPSA) is 58.6 Å². The number of aliphatic hydroxyl groups is 1. The first-order valence-corrected chi connectivity index (χ1v) is 5.31. The minimum absolute atomic E-state index is 0.00379. The Labute approximate surface area is 95.2 Å². The molecule has 4 heteroatoms. The van der Waals surface area contributed by atoms with Crippen LogP contribution in [0, 0.1) is 0 Å². The maximum absolute atomic E-state index is 11.3. The van der Waals surface area contributed by atoms with Gasteiger partial charge in [-0.05, 0) is 25.5 Å². The average Bonchev–Trinajstić information content (AvgIpc) is 2.27. The van der Waals surface area contributed by atoms with Gasteiger partial charge in [-0.25, -0.2) is 0 Å². The van der Waals surface area contributed by atoms with E-state index in [4.69, 9.17) is 9.84 Å². The van der Waals surface area contributed by atoms with Gasteiger partial charge in [0.05, 0.1) is 6.10 Å². The van der Waals surface area contributed by atoms with Gasteiger partial charge in [0.1, 0.15) is 5.75 Å². The summed E-state index contributed by atoms with van der Waals surface area (Å²) in [6.45, 7) is 2.16. The monoisotopic (exact) mass is 223 g/mol. The van der Waals surface area contributed by atoms with E-state index in [-0.39, 0.29) is 12.5 Å².